The molecule has 0 saturated carbocycles. The molecule has 5 nitrogen and oxygen atoms in total. The number of rotatable bonds is 5. The van der Waals surface area contributed by atoms with Gasteiger partial charge in [-0.25, -0.2) is 0 Å². The van der Waals surface area contributed by atoms with Crippen molar-refractivity contribution >= 4 is 23.2 Å². The second-order valence-corrected chi connectivity index (χ2v) is 5.99. The van der Waals surface area contributed by atoms with E-state index >= 15 is 0 Å². The summed E-state index contributed by atoms with van der Waals surface area (Å²) in [6.45, 7) is 1.45. The molecule has 0 fully saturated rings. The molecule has 0 heterocycles. The van der Waals surface area contributed by atoms with Crippen molar-refractivity contribution in [3.05, 3.63) is 78.4 Å². The van der Waals surface area contributed by atoms with Gasteiger partial charge in [0.2, 0.25) is 5.91 Å². The molecule has 0 atom stereocenters. The van der Waals surface area contributed by atoms with Gasteiger partial charge in [0.25, 0.3) is 5.91 Å². The van der Waals surface area contributed by atoms with Gasteiger partial charge in [0.05, 0.1) is 12.7 Å². The topological polar surface area (TPSA) is 67.4 Å². The molecule has 5 heteroatoms. The average Bonchev–Trinajstić information content (AvgIpc) is 2.69. The molecular formula is C22H20N2O3. The number of amides is 2. The van der Waals surface area contributed by atoms with Gasteiger partial charge >= 0.3 is 0 Å². The number of anilines is 2. The van der Waals surface area contributed by atoms with Crippen molar-refractivity contribution in [3.63, 3.8) is 0 Å². The lowest BCUT2D eigenvalue weighted by atomic mass is 10.0. The molecule has 3 aromatic carbocycles. The van der Waals surface area contributed by atoms with Gasteiger partial charge in [0.15, 0.2) is 0 Å². The SMILES string of the molecule is COc1ccc(-c2ccccc2)cc1C(=O)Nc1ccc(NC(C)=O)cc1. The summed E-state index contributed by atoms with van der Waals surface area (Å²) in [6, 6.07) is 22.3. The van der Waals surface area contributed by atoms with Crippen molar-refractivity contribution < 1.29 is 14.3 Å². The highest BCUT2D eigenvalue weighted by Crippen LogP contribution is 2.27. The highest BCUT2D eigenvalue weighted by Gasteiger charge is 2.14. The van der Waals surface area contributed by atoms with Crippen molar-refractivity contribution in [2.45, 2.75) is 6.92 Å². The van der Waals surface area contributed by atoms with Crippen LogP contribution in [0.2, 0.25) is 0 Å². The maximum Gasteiger partial charge on any atom is 0.259 e. The lowest BCUT2D eigenvalue weighted by Crippen LogP contribution is -2.13. The average molecular weight is 360 g/mol. The first-order valence-corrected chi connectivity index (χ1v) is 8.49. The van der Waals surface area contributed by atoms with E-state index in [4.69, 9.17) is 4.74 Å². The molecule has 0 saturated heterocycles. The zero-order chi connectivity index (χ0) is 19.2. The lowest BCUT2D eigenvalue weighted by Gasteiger charge is -2.12. The van der Waals surface area contributed by atoms with E-state index in [9.17, 15) is 9.59 Å². The molecule has 136 valence electrons. The van der Waals surface area contributed by atoms with Gasteiger partial charge in [-0.3, -0.25) is 9.59 Å². The summed E-state index contributed by atoms with van der Waals surface area (Å²) in [5.41, 5.74) is 3.70. The van der Waals surface area contributed by atoms with Crippen LogP contribution in [0.25, 0.3) is 11.1 Å². The third-order valence-electron chi connectivity index (χ3n) is 4.01. The van der Waals surface area contributed by atoms with Gasteiger partial charge in [0.1, 0.15) is 5.75 Å². The molecule has 3 aromatic rings. The number of ether oxygens (including phenoxy) is 1. The van der Waals surface area contributed by atoms with Gasteiger partial charge < -0.3 is 15.4 Å². The molecule has 0 spiro atoms. The van der Waals surface area contributed by atoms with Crippen LogP contribution in [0.1, 0.15) is 17.3 Å². The highest BCUT2D eigenvalue weighted by molar-refractivity contribution is 6.07. The first-order valence-electron chi connectivity index (χ1n) is 8.49. The van der Waals surface area contributed by atoms with Crippen LogP contribution in [0.15, 0.2) is 72.8 Å². The Labute approximate surface area is 158 Å². The van der Waals surface area contributed by atoms with E-state index in [-0.39, 0.29) is 11.8 Å². The fourth-order valence-corrected chi connectivity index (χ4v) is 2.73. The Bertz CT molecular complexity index is 951. The summed E-state index contributed by atoms with van der Waals surface area (Å²) in [5.74, 6) is 0.0909. The summed E-state index contributed by atoms with van der Waals surface area (Å²) in [7, 11) is 1.54. The monoisotopic (exact) mass is 360 g/mol. The second-order valence-electron chi connectivity index (χ2n) is 5.99. The predicted molar refractivity (Wildman–Crippen MR) is 107 cm³/mol. The molecule has 0 bridgehead atoms. The number of nitrogens with one attached hydrogen (secondary N) is 2. The number of carbonyl (C=O) groups is 2. The summed E-state index contributed by atoms with van der Waals surface area (Å²) >= 11 is 0. The largest absolute Gasteiger partial charge is 0.496 e. The van der Waals surface area contributed by atoms with E-state index in [1.54, 1.807) is 30.3 Å². The minimum absolute atomic E-state index is 0.144. The van der Waals surface area contributed by atoms with Crippen molar-refractivity contribution in [1.82, 2.24) is 0 Å². The molecule has 0 aliphatic heterocycles. The van der Waals surface area contributed by atoms with Crippen LogP contribution in [-0.2, 0) is 4.79 Å². The van der Waals surface area contributed by atoms with E-state index < -0.39 is 0 Å². The van der Waals surface area contributed by atoms with E-state index in [2.05, 4.69) is 10.6 Å². The molecule has 0 unspecified atom stereocenters. The van der Waals surface area contributed by atoms with Gasteiger partial charge in [-0.2, -0.15) is 0 Å². The van der Waals surface area contributed by atoms with Crippen molar-refractivity contribution in [1.29, 1.82) is 0 Å². The smallest absolute Gasteiger partial charge is 0.259 e. The molecule has 0 aliphatic carbocycles. The Balaban J connectivity index is 1.84. The Morgan fingerprint density at radius 1 is 0.778 bits per heavy atom. The van der Waals surface area contributed by atoms with E-state index in [1.165, 1.54) is 14.0 Å². The molecule has 0 aliphatic rings. The predicted octanol–water partition coefficient (Wildman–Crippen LogP) is 4.57. The van der Waals surface area contributed by atoms with Crippen molar-refractivity contribution in [3.8, 4) is 16.9 Å². The van der Waals surface area contributed by atoms with Crippen LogP contribution in [0.5, 0.6) is 5.75 Å². The highest BCUT2D eigenvalue weighted by atomic mass is 16.5. The lowest BCUT2D eigenvalue weighted by molar-refractivity contribution is -0.114. The fraction of sp³-hybridized carbons (Fsp3) is 0.0909. The van der Waals surface area contributed by atoms with Gasteiger partial charge in [-0.1, -0.05) is 36.4 Å². The van der Waals surface area contributed by atoms with E-state index in [0.717, 1.165) is 11.1 Å². The van der Waals surface area contributed by atoms with Crippen LogP contribution in [0.3, 0.4) is 0 Å². The van der Waals surface area contributed by atoms with Crippen LogP contribution in [0.4, 0.5) is 11.4 Å². The van der Waals surface area contributed by atoms with E-state index in [0.29, 0.717) is 22.7 Å². The van der Waals surface area contributed by atoms with Gasteiger partial charge in [0, 0.05) is 18.3 Å². The normalized spacial score (nSPS) is 10.1. The number of methoxy groups -OCH3 is 1. The minimum atomic E-state index is -0.267. The quantitative estimate of drug-likeness (QED) is 0.700. The Morgan fingerprint density at radius 2 is 1.41 bits per heavy atom. The molecular weight excluding hydrogens is 340 g/mol. The van der Waals surface area contributed by atoms with Crippen molar-refractivity contribution in [2.24, 2.45) is 0 Å². The Morgan fingerprint density at radius 3 is 2.00 bits per heavy atom. The zero-order valence-corrected chi connectivity index (χ0v) is 15.2. The summed E-state index contributed by atoms with van der Waals surface area (Å²) in [6.07, 6.45) is 0. The maximum atomic E-state index is 12.8. The first kappa shape index (κ1) is 18.2. The standard InChI is InChI=1S/C22H20N2O3/c1-15(25)23-18-9-11-19(12-10-18)24-22(26)20-14-17(8-13-21(20)27-2)16-6-4-3-5-7-16/h3-14H,1-2H3,(H,23,25)(H,24,26). The number of hydrogen-bond donors (Lipinski definition) is 2. The maximum absolute atomic E-state index is 12.8. The third kappa shape index (κ3) is 4.52. The fourth-order valence-electron chi connectivity index (χ4n) is 2.73. The van der Waals surface area contributed by atoms with Gasteiger partial charge in [-0.05, 0) is 47.5 Å². The molecule has 27 heavy (non-hydrogen) atoms. The molecule has 2 N–H and O–H groups in total. The van der Waals surface area contributed by atoms with Crippen LogP contribution in [-0.4, -0.2) is 18.9 Å². The van der Waals surface area contributed by atoms with Crippen LogP contribution >= 0.6 is 0 Å². The third-order valence-corrected chi connectivity index (χ3v) is 4.01. The van der Waals surface area contributed by atoms with E-state index in [1.807, 2.05) is 42.5 Å². The summed E-state index contributed by atoms with van der Waals surface area (Å²) in [5, 5.41) is 5.55. The zero-order valence-electron chi connectivity index (χ0n) is 15.2. The molecule has 2 amide bonds. The van der Waals surface area contributed by atoms with Crippen LogP contribution in [0, 0.1) is 0 Å². The molecule has 0 radical (unpaired) electrons. The van der Waals surface area contributed by atoms with Crippen LogP contribution < -0.4 is 15.4 Å². The summed E-state index contributed by atoms with van der Waals surface area (Å²) in [4.78, 5) is 23.9. The number of carbonyl (C=O) groups excluding carboxylic acids is 2. The number of hydrogen-bond acceptors (Lipinski definition) is 3. The van der Waals surface area contributed by atoms with Crippen molar-refractivity contribution in [2.75, 3.05) is 17.7 Å². The Kier molecular flexibility index (Phi) is 5.52. The second kappa shape index (κ2) is 8.19. The summed E-state index contributed by atoms with van der Waals surface area (Å²) < 4.78 is 5.35. The molecule has 0 aromatic heterocycles. The van der Waals surface area contributed by atoms with Gasteiger partial charge in [-0.15, -0.1) is 0 Å². The minimum Gasteiger partial charge on any atom is -0.496 e. The first-order chi connectivity index (χ1) is 13.1. The number of benzene rings is 3. The molecule has 3 rings (SSSR count). The Hall–Kier alpha value is -3.60.